The Labute approximate surface area is 134 Å². The largest absolute Gasteiger partial charge is 0.373 e. The van der Waals surface area contributed by atoms with Gasteiger partial charge in [-0.3, -0.25) is 4.99 Å². The van der Waals surface area contributed by atoms with Crippen LogP contribution in [-0.2, 0) is 11.2 Å². The highest BCUT2D eigenvalue weighted by atomic mass is 16.5. The number of ether oxygens (including phenoxy) is 1. The second-order valence-corrected chi connectivity index (χ2v) is 6.10. The summed E-state index contributed by atoms with van der Waals surface area (Å²) < 4.78 is 6.11. The van der Waals surface area contributed by atoms with Crippen LogP contribution in [0, 0.1) is 0 Å². The van der Waals surface area contributed by atoms with Crippen LogP contribution in [0.4, 0.5) is 0 Å². The summed E-state index contributed by atoms with van der Waals surface area (Å²) in [4.78, 5) is 4.20. The Morgan fingerprint density at radius 1 is 1.36 bits per heavy atom. The van der Waals surface area contributed by atoms with Crippen molar-refractivity contribution in [2.24, 2.45) is 4.99 Å². The molecule has 2 rings (SSSR count). The highest BCUT2D eigenvalue weighted by Gasteiger charge is 2.19. The number of aryl methyl sites for hydroxylation is 1. The van der Waals surface area contributed by atoms with Crippen molar-refractivity contribution in [1.29, 1.82) is 0 Å². The average molecular weight is 303 g/mol. The van der Waals surface area contributed by atoms with Gasteiger partial charge in [0.1, 0.15) is 0 Å². The zero-order valence-corrected chi connectivity index (χ0v) is 14.1. The number of fused-ring (bicyclic) bond motifs is 1. The van der Waals surface area contributed by atoms with Crippen LogP contribution < -0.4 is 10.6 Å². The van der Waals surface area contributed by atoms with Crippen LogP contribution in [0.1, 0.15) is 50.3 Å². The second kappa shape index (κ2) is 8.79. The van der Waals surface area contributed by atoms with E-state index in [1.807, 2.05) is 0 Å². The minimum Gasteiger partial charge on any atom is -0.373 e. The van der Waals surface area contributed by atoms with Gasteiger partial charge in [0.2, 0.25) is 0 Å². The van der Waals surface area contributed by atoms with E-state index in [0.29, 0.717) is 6.04 Å². The summed E-state index contributed by atoms with van der Waals surface area (Å²) in [5, 5.41) is 6.60. The fourth-order valence-corrected chi connectivity index (χ4v) is 2.86. The molecule has 0 radical (unpaired) electrons. The maximum absolute atomic E-state index is 6.11. The molecule has 2 N–H and O–H groups in total. The van der Waals surface area contributed by atoms with Gasteiger partial charge in [-0.1, -0.05) is 24.3 Å². The van der Waals surface area contributed by atoms with Gasteiger partial charge in [-0.25, -0.2) is 0 Å². The fraction of sp³-hybridized carbons (Fsp3) is 0.611. The van der Waals surface area contributed by atoms with Gasteiger partial charge in [0, 0.05) is 26.2 Å². The lowest BCUT2D eigenvalue weighted by Gasteiger charge is -2.25. The smallest absolute Gasteiger partial charge is 0.191 e. The summed E-state index contributed by atoms with van der Waals surface area (Å²) in [6, 6.07) is 9.07. The van der Waals surface area contributed by atoms with Gasteiger partial charge < -0.3 is 15.4 Å². The molecule has 1 atom stereocenters. The molecule has 4 nitrogen and oxygen atoms in total. The van der Waals surface area contributed by atoms with Crippen molar-refractivity contribution in [3.05, 3.63) is 35.4 Å². The molecule has 122 valence electrons. The third-order valence-electron chi connectivity index (χ3n) is 3.90. The number of nitrogens with one attached hydrogen (secondary N) is 2. The lowest BCUT2D eigenvalue weighted by atomic mass is 9.89. The number of hydrogen-bond acceptors (Lipinski definition) is 2. The van der Waals surface area contributed by atoms with Crippen molar-refractivity contribution < 1.29 is 4.74 Å². The van der Waals surface area contributed by atoms with Crippen molar-refractivity contribution >= 4 is 5.96 Å². The molecular weight excluding hydrogens is 274 g/mol. The van der Waals surface area contributed by atoms with Gasteiger partial charge >= 0.3 is 0 Å². The van der Waals surface area contributed by atoms with Gasteiger partial charge in [0.15, 0.2) is 5.96 Å². The van der Waals surface area contributed by atoms with E-state index in [0.717, 1.165) is 32.0 Å². The molecule has 1 aliphatic carbocycles. The highest BCUT2D eigenvalue weighted by Crippen LogP contribution is 2.32. The number of hydrogen-bond donors (Lipinski definition) is 2. The van der Waals surface area contributed by atoms with Crippen molar-refractivity contribution in [3.8, 4) is 0 Å². The number of nitrogens with zero attached hydrogens (tertiary/aromatic N) is 1. The van der Waals surface area contributed by atoms with Gasteiger partial charge in [-0.15, -0.1) is 0 Å². The summed E-state index contributed by atoms with van der Waals surface area (Å²) in [5.74, 6) is 0.859. The molecule has 22 heavy (non-hydrogen) atoms. The molecule has 0 spiro atoms. The predicted molar refractivity (Wildman–Crippen MR) is 92.3 cm³/mol. The van der Waals surface area contributed by atoms with Gasteiger partial charge in [0.05, 0.1) is 6.10 Å². The number of aliphatic imine (C=N–C) groups is 1. The lowest BCUT2D eigenvalue weighted by molar-refractivity contribution is 0.0398. The summed E-state index contributed by atoms with van der Waals surface area (Å²) >= 11 is 0. The van der Waals surface area contributed by atoms with Crippen molar-refractivity contribution in [2.75, 3.05) is 20.2 Å². The van der Waals surface area contributed by atoms with E-state index in [1.165, 1.54) is 24.0 Å². The van der Waals surface area contributed by atoms with E-state index in [-0.39, 0.29) is 6.10 Å². The summed E-state index contributed by atoms with van der Waals surface area (Å²) in [6.45, 7) is 5.87. The van der Waals surface area contributed by atoms with Crippen molar-refractivity contribution in [1.82, 2.24) is 10.6 Å². The Morgan fingerprint density at radius 3 is 2.95 bits per heavy atom. The SMILES string of the molecule is CN=C(NCCCOC1CCCc2ccccc21)NC(C)C. The first kappa shape index (κ1) is 16.8. The molecule has 0 fully saturated rings. The molecule has 1 aliphatic rings. The lowest BCUT2D eigenvalue weighted by Crippen LogP contribution is -2.41. The molecule has 1 aromatic rings. The quantitative estimate of drug-likeness (QED) is 0.482. The van der Waals surface area contributed by atoms with Gasteiger partial charge in [-0.05, 0) is 50.7 Å². The molecule has 0 bridgehead atoms. The zero-order chi connectivity index (χ0) is 15.8. The van der Waals surface area contributed by atoms with E-state index in [4.69, 9.17) is 4.74 Å². The van der Waals surface area contributed by atoms with E-state index < -0.39 is 0 Å². The van der Waals surface area contributed by atoms with Crippen LogP contribution in [-0.4, -0.2) is 32.2 Å². The van der Waals surface area contributed by atoms with Crippen molar-refractivity contribution in [2.45, 2.75) is 51.7 Å². The molecule has 0 amide bonds. The molecule has 1 unspecified atom stereocenters. The Hall–Kier alpha value is -1.55. The molecule has 0 aliphatic heterocycles. The first-order valence-corrected chi connectivity index (χ1v) is 8.37. The maximum Gasteiger partial charge on any atom is 0.191 e. The number of rotatable bonds is 6. The van der Waals surface area contributed by atoms with Crippen LogP contribution in [0.15, 0.2) is 29.3 Å². The molecule has 0 aromatic heterocycles. The maximum atomic E-state index is 6.11. The molecule has 0 heterocycles. The van der Waals surface area contributed by atoms with E-state index in [1.54, 1.807) is 7.05 Å². The zero-order valence-electron chi connectivity index (χ0n) is 14.1. The third-order valence-corrected chi connectivity index (χ3v) is 3.90. The van der Waals surface area contributed by atoms with Crippen LogP contribution in [0.25, 0.3) is 0 Å². The standard InChI is InChI=1S/C18H29N3O/c1-14(2)21-18(19-3)20-12-7-13-22-17-11-6-9-15-8-4-5-10-16(15)17/h4-5,8,10,14,17H,6-7,9,11-13H2,1-3H3,(H2,19,20,21). The van der Waals surface area contributed by atoms with Crippen LogP contribution in [0.2, 0.25) is 0 Å². The molecular formula is C18H29N3O. The Balaban J connectivity index is 1.70. The Morgan fingerprint density at radius 2 is 2.18 bits per heavy atom. The van der Waals surface area contributed by atoms with Crippen LogP contribution >= 0.6 is 0 Å². The number of benzene rings is 1. The summed E-state index contributed by atoms with van der Waals surface area (Å²) in [5.41, 5.74) is 2.84. The highest BCUT2D eigenvalue weighted by molar-refractivity contribution is 5.79. The monoisotopic (exact) mass is 303 g/mol. The van der Waals surface area contributed by atoms with E-state index in [9.17, 15) is 0 Å². The fourth-order valence-electron chi connectivity index (χ4n) is 2.86. The summed E-state index contributed by atoms with van der Waals surface area (Å²) in [6.07, 6.45) is 4.82. The van der Waals surface area contributed by atoms with Crippen LogP contribution in [0.3, 0.4) is 0 Å². The minimum atomic E-state index is 0.276. The van der Waals surface area contributed by atoms with E-state index in [2.05, 4.69) is 53.7 Å². The minimum absolute atomic E-state index is 0.276. The Kier molecular flexibility index (Phi) is 6.72. The normalized spacial score (nSPS) is 18.2. The third kappa shape index (κ3) is 5.02. The molecule has 1 aromatic carbocycles. The predicted octanol–water partition coefficient (Wildman–Crippen LogP) is 3.04. The Bertz CT molecular complexity index is 485. The van der Waals surface area contributed by atoms with Gasteiger partial charge in [0.25, 0.3) is 0 Å². The van der Waals surface area contributed by atoms with Crippen molar-refractivity contribution in [3.63, 3.8) is 0 Å². The first-order valence-electron chi connectivity index (χ1n) is 8.37. The second-order valence-electron chi connectivity index (χ2n) is 6.10. The molecule has 0 saturated heterocycles. The van der Waals surface area contributed by atoms with Crippen LogP contribution in [0.5, 0.6) is 0 Å². The summed E-state index contributed by atoms with van der Waals surface area (Å²) in [7, 11) is 1.80. The molecule has 0 saturated carbocycles. The molecule has 4 heteroatoms. The average Bonchev–Trinajstić information content (AvgIpc) is 2.53. The number of guanidine groups is 1. The first-order chi connectivity index (χ1) is 10.7. The topological polar surface area (TPSA) is 45.7 Å². The van der Waals surface area contributed by atoms with Gasteiger partial charge in [-0.2, -0.15) is 0 Å². The van der Waals surface area contributed by atoms with E-state index >= 15 is 0 Å².